The number of imide groups is 1. The number of tetrazole rings is 1. The first kappa shape index (κ1) is 15.9. The zero-order valence-electron chi connectivity index (χ0n) is 11.0. The molecule has 10 nitrogen and oxygen atoms in total. The van der Waals surface area contributed by atoms with Crippen LogP contribution in [0.2, 0.25) is 0 Å². The molecular formula is C9H14N6O4S. The van der Waals surface area contributed by atoms with Gasteiger partial charge < -0.3 is 10.1 Å². The van der Waals surface area contributed by atoms with Crippen molar-refractivity contribution in [3.63, 3.8) is 0 Å². The molecule has 1 rings (SSSR count). The van der Waals surface area contributed by atoms with Gasteiger partial charge in [-0.2, -0.15) is 0 Å². The number of methoxy groups -OCH3 is 1. The average Bonchev–Trinajstić information content (AvgIpc) is 2.83. The molecule has 0 bridgehead atoms. The van der Waals surface area contributed by atoms with Gasteiger partial charge in [-0.05, 0) is 17.4 Å². The van der Waals surface area contributed by atoms with Gasteiger partial charge in [0.05, 0.1) is 12.9 Å². The van der Waals surface area contributed by atoms with Crippen molar-refractivity contribution in [2.45, 2.75) is 18.6 Å². The molecule has 0 aliphatic heterocycles. The highest BCUT2D eigenvalue weighted by Crippen LogP contribution is 2.12. The standard InChI is InChI=1S/C9H14N6O4S/c1-3-10-8(18)11-6(16)5-20-9-12-13-14-15(9)4-7(17)19-2/h3-5H2,1-2H3,(H2,10,11,16,18). The van der Waals surface area contributed by atoms with Crippen LogP contribution in [0.1, 0.15) is 6.92 Å². The fraction of sp³-hybridized carbons (Fsp3) is 0.556. The number of thioether (sulfide) groups is 1. The van der Waals surface area contributed by atoms with Crippen molar-refractivity contribution in [2.24, 2.45) is 0 Å². The summed E-state index contributed by atoms with van der Waals surface area (Å²) in [6.07, 6.45) is 0. The summed E-state index contributed by atoms with van der Waals surface area (Å²) in [4.78, 5) is 33.7. The Kier molecular flexibility index (Phi) is 6.43. The molecule has 1 aromatic rings. The largest absolute Gasteiger partial charge is 0.468 e. The van der Waals surface area contributed by atoms with Crippen LogP contribution in [-0.4, -0.2) is 57.5 Å². The van der Waals surface area contributed by atoms with Crippen molar-refractivity contribution in [3.05, 3.63) is 0 Å². The van der Waals surface area contributed by atoms with Crippen LogP contribution in [0, 0.1) is 0 Å². The molecule has 110 valence electrons. The monoisotopic (exact) mass is 302 g/mol. The lowest BCUT2D eigenvalue weighted by Gasteiger charge is -2.04. The molecule has 0 aromatic carbocycles. The van der Waals surface area contributed by atoms with E-state index in [0.29, 0.717) is 6.54 Å². The van der Waals surface area contributed by atoms with Crippen molar-refractivity contribution >= 4 is 29.7 Å². The number of carbonyl (C=O) groups excluding carboxylic acids is 3. The fourth-order valence-corrected chi connectivity index (χ4v) is 1.76. The van der Waals surface area contributed by atoms with E-state index in [4.69, 9.17) is 0 Å². The molecule has 0 spiro atoms. The number of aromatic nitrogens is 4. The van der Waals surface area contributed by atoms with Gasteiger partial charge in [0.2, 0.25) is 11.1 Å². The Morgan fingerprint density at radius 1 is 1.40 bits per heavy atom. The molecule has 0 aliphatic rings. The van der Waals surface area contributed by atoms with Crippen molar-refractivity contribution < 1.29 is 19.1 Å². The maximum absolute atomic E-state index is 11.5. The van der Waals surface area contributed by atoms with E-state index in [2.05, 4.69) is 30.9 Å². The topological polar surface area (TPSA) is 128 Å². The van der Waals surface area contributed by atoms with Crippen molar-refractivity contribution in [3.8, 4) is 0 Å². The third-order valence-corrected chi connectivity index (χ3v) is 2.89. The van der Waals surface area contributed by atoms with E-state index < -0.39 is 17.9 Å². The smallest absolute Gasteiger partial charge is 0.327 e. The zero-order chi connectivity index (χ0) is 15.0. The second kappa shape index (κ2) is 8.09. The fourth-order valence-electron chi connectivity index (χ4n) is 1.08. The molecule has 2 N–H and O–H groups in total. The van der Waals surface area contributed by atoms with E-state index >= 15 is 0 Å². The van der Waals surface area contributed by atoms with Crippen LogP contribution in [0.5, 0.6) is 0 Å². The van der Waals surface area contributed by atoms with Gasteiger partial charge in [-0.25, -0.2) is 9.48 Å². The molecule has 1 aromatic heterocycles. The van der Waals surface area contributed by atoms with E-state index in [9.17, 15) is 14.4 Å². The second-order valence-corrected chi connectivity index (χ2v) is 4.33. The van der Waals surface area contributed by atoms with Crippen LogP contribution in [0.15, 0.2) is 5.16 Å². The lowest BCUT2D eigenvalue weighted by atomic mass is 10.6. The highest BCUT2D eigenvalue weighted by atomic mass is 32.2. The Labute approximate surface area is 118 Å². The lowest BCUT2D eigenvalue weighted by Crippen LogP contribution is -2.40. The Balaban J connectivity index is 2.45. The van der Waals surface area contributed by atoms with Gasteiger partial charge in [-0.3, -0.25) is 14.9 Å². The van der Waals surface area contributed by atoms with E-state index in [1.54, 1.807) is 6.92 Å². The van der Waals surface area contributed by atoms with E-state index in [1.165, 1.54) is 11.8 Å². The van der Waals surface area contributed by atoms with Crippen molar-refractivity contribution in [1.82, 2.24) is 30.8 Å². The summed E-state index contributed by atoms with van der Waals surface area (Å²) in [6, 6.07) is -0.563. The molecule has 11 heteroatoms. The minimum atomic E-state index is -0.563. The first-order chi connectivity index (χ1) is 9.56. The minimum absolute atomic E-state index is 0.0569. The number of urea groups is 1. The maximum Gasteiger partial charge on any atom is 0.327 e. The van der Waals surface area contributed by atoms with Crippen LogP contribution in [0.25, 0.3) is 0 Å². The summed E-state index contributed by atoms with van der Waals surface area (Å²) in [5, 5.41) is 15.5. The van der Waals surface area contributed by atoms with Crippen LogP contribution >= 0.6 is 11.8 Å². The number of nitrogens with zero attached hydrogens (tertiary/aromatic N) is 4. The quantitative estimate of drug-likeness (QED) is 0.494. The maximum atomic E-state index is 11.5. The number of amides is 3. The van der Waals surface area contributed by atoms with Gasteiger partial charge >= 0.3 is 12.0 Å². The van der Waals surface area contributed by atoms with Crippen LogP contribution in [-0.2, 0) is 20.9 Å². The Bertz CT molecular complexity index is 491. The molecule has 20 heavy (non-hydrogen) atoms. The molecule has 0 radical (unpaired) electrons. The number of nitrogens with one attached hydrogen (secondary N) is 2. The first-order valence-corrected chi connectivity index (χ1v) is 6.58. The van der Waals surface area contributed by atoms with Gasteiger partial charge in [0.15, 0.2) is 0 Å². The number of carbonyl (C=O) groups is 3. The van der Waals surface area contributed by atoms with Crippen LogP contribution in [0.4, 0.5) is 4.79 Å². The Hall–Kier alpha value is -2.17. The van der Waals surface area contributed by atoms with Gasteiger partial charge in [-0.15, -0.1) is 5.10 Å². The van der Waals surface area contributed by atoms with Gasteiger partial charge in [0, 0.05) is 6.54 Å². The average molecular weight is 302 g/mol. The molecule has 0 saturated carbocycles. The third kappa shape index (κ3) is 5.22. The molecule has 0 aliphatic carbocycles. The number of hydrogen-bond donors (Lipinski definition) is 2. The zero-order valence-corrected chi connectivity index (χ0v) is 11.8. The second-order valence-electron chi connectivity index (χ2n) is 3.39. The van der Waals surface area contributed by atoms with Gasteiger partial charge in [0.25, 0.3) is 0 Å². The lowest BCUT2D eigenvalue weighted by molar-refractivity contribution is -0.141. The normalized spacial score (nSPS) is 9.90. The molecule has 0 unspecified atom stereocenters. The molecule has 3 amide bonds. The summed E-state index contributed by atoms with van der Waals surface area (Å²) in [7, 11) is 1.25. The van der Waals surface area contributed by atoms with Gasteiger partial charge in [0.1, 0.15) is 6.54 Å². The predicted molar refractivity (Wildman–Crippen MR) is 67.8 cm³/mol. The van der Waals surface area contributed by atoms with E-state index in [-0.39, 0.29) is 17.5 Å². The summed E-state index contributed by atoms with van der Waals surface area (Å²) in [5.41, 5.74) is 0. The van der Waals surface area contributed by atoms with Crippen LogP contribution < -0.4 is 10.6 Å². The summed E-state index contributed by atoms with van der Waals surface area (Å²) < 4.78 is 5.69. The third-order valence-electron chi connectivity index (χ3n) is 1.93. The molecular weight excluding hydrogens is 288 g/mol. The molecule has 0 atom stereocenters. The minimum Gasteiger partial charge on any atom is -0.468 e. The van der Waals surface area contributed by atoms with Gasteiger partial charge in [-0.1, -0.05) is 11.8 Å². The highest BCUT2D eigenvalue weighted by Gasteiger charge is 2.14. The molecule has 0 fully saturated rings. The Morgan fingerprint density at radius 3 is 2.80 bits per heavy atom. The summed E-state index contributed by atoms with van der Waals surface area (Å²) >= 11 is 1.00. The predicted octanol–water partition coefficient (Wildman–Crippen LogP) is -1.22. The van der Waals surface area contributed by atoms with E-state index in [1.807, 2.05) is 0 Å². The van der Waals surface area contributed by atoms with E-state index in [0.717, 1.165) is 11.8 Å². The number of ether oxygens (including phenoxy) is 1. The summed E-state index contributed by atoms with van der Waals surface area (Å²) in [5.74, 6) is -1.06. The van der Waals surface area contributed by atoms with Crippen molar-refractivity contribution in [1.29, 1.82) is 0 Å². The Morgan fingerprint density at radius 2 is 2.15 bits per heavy atom. The first-order valence-electron chi connectivity index (χ1n) is 5.60. The summed E-state index contributed by atoms with van der Waals surface area (Å²) in [6.45, 7) is 2.01. The number of rotatable bonds is 6. The SMILES string of the molecule is CCNC(=O)NC(=O)CSc1nnnn1CC(=O)OC. The molecule has 1 heterocycles. The van der Waals surface area contributed by atoms with Crippen LogP contribution in [0.3, 0.4) is 0 Å². The number of esters is 1. The number of hydrogen-bond acceptors (Lipinski definition) is 8. The van der Waals surface area contributed by atoms with Crippen molar-refractivity contribution in [2.75, 3.05) is 19.4 Å². The highest BCUT2D eigenvalue weighted by molar-refractivity contribution is 7.99. The molecule has 0 saturated heterocycles.